The highest BCUT2D eigenvalue weighted by molar-refractivity contribution is 14.0. The number of aliphatic imine (C=N–C) groups is 1. The Morgan fingerprint density at radius 3 is 2.55 bits per heavy atom. The zero-order chi connectivity index (χ0) is 14.5. The smallest absolute Gasteiger partial charge is 0.238 e. The Labute approximate surface area is 137 Å². The number of nitrogens with zero attached hydrogens (tertiary/aromatic N) is 1. The number of rotatable bonds is 4. The molecule has 0 radical (unpaired) electrons. The summed E-state index contributed by atoms with van der Waals surface area (Å²) in [5, 5.41) is 11.3. The summed E-state index contributed by atoms with van der Waals surface area (Å²) in [6.07, 6.45) is 0. The third-order valence-electron chi connectivity index (χ3n) is 2.34. The van der Waals surface area contributed by atoms with Gasteiger partial charge in [0.2, 0.25) is 10.0 Å². The minimum atomic E-state index is -3.66. The Morgan fingerprint density at radius 1 is 1.40 bits per heavy atom. The highest BCUT2D eigenvalue weighted by Crippen LogP contribution is 2.09. The third kappa shape index (κ3) is 6.53. The maximum atomic E-state index is 11.2. The fourth-order valence-electron chi connectivity index (χ4n) is 1.49. The van der Waals surface area contributed by atoms with Crippen LogP contribution in [-0.2, 0) is 16.6 Å². The summed E-state index contributed by atoms with van der Waals surface area (Å²) < 4.78 is 22.5. The molecule has 1 rings (SSSR count). The van der Waals surface area contributed by atoms with Crippen molar-refractivity contribution in [1.29, 1.82) is 0 Å². The van der Waals surface area contributed by atoms with Crippen molar-refractivity contribution in [3.8, 4) is 0 Å². The SMILES string of the molecule is CN=C(NCc1cccc(S(N)(=O)=O)c1)NC(C)C.I. The lowest BCUT2D eigenvalue weighted by Crippen LogP contribution is -2.40. The zero-order valence-electron chi connectivity index (χ0n) is 11.8. The average molecular weight is 412 g/mol. The number of sulfonamides is 1. The van der Waals surface area contributed by atoms with Crippen molar-refractivity contribution in [3.63, 3.8) is 0 Å². The molecule has 4 N–H and O–H groups in total. The van der Waals surface area contributed by atoms with Gasteiger partial charge in [-0.2, -0.15) is 0 Å². The molecule has 20 heavy (non-hydrogen) atoms. The van der Waals surface area contributed by atoms with E-state index in [1.54, 1.807) is 19.2 Å². The van der Waals surface area contributed by atoms with Gasteiger partial charge in [-0.15, -0.1) is 24.0 Å². The van der Waals surface area contributed by atoms with Crippen molar-refractivity contribution in [1.82, 2.24) is 10.6 Å². The first-order valence-corrected chi connectivity index (χ1v) is 7.46. The maximum absolute atomic E-state index is 11.2. The first kappa shape index (κ1) is 19.1. The van der Waals surface area contributed by atoms with Gasteiger partial charge in [-0.3, -0.25) is 4.99 Å². The summed E-state index contributed by atoms with van der Waals surface area (Å²) in [6, 6.07) is 6.77. The summed E-state index contributed by atoms with van der Waals surface area (Å²) >= 11 is 0. The zero-order valence-corrected chi connectivity index (χ0v) is 14.9. The molecule has 0 saturated heterocycles. The van der Waals surface area contributed by atoms with Crippen molar-refractivity contribution < 1.29 is 8.42 Å². The first-order chi connectivity index (χ1) is 8.82. The Morgan fingerprint density at radius 2 is 2.05 bits per heavy atom. The van der Waals surface area contributed by atoms with Crippen LogP contribution in [0.15, 0.2) is 34.2 Å². The van der Waals surface area contributed by atoms with Crippen LogP contribution in [0, 0.1) is 0 Å². The van der Waals surface area contributed by atoms with E-state index in [2.05, 4.69) is 15.6 Å². The highest BCUT2D eigenvalue weighted by Gasteiger charge is 2.08. The van der Waals surface area contributed by atoms with Crippen molar-refractivity contribution >= 4 is 40.0 Å². The van der Waals surface area contributed by atoms with Gasteiger partial charge >= 0.3 is 0 Å². The summed E-state index contributed by atoms with van der Waals surface area (Å²) in [7, 11) is -1.98. The molecule has 0 aliphatic heterocycles. The molecule has 0 amide bonds. The molecule has 0 spiro atoms. The standard InChI is InChI=1S/C12H20N4O2S.HI/c1-9(2)16-12(14-3)15-8-10-5-4-6-11(7-10)19(13,17)18;/h4-7,9H,8H2,1-3H3,(H2,13,17,18)(H2,14,15,16);1H. The average Bonchev–Trinajstić information content (AvgIpc) is 2.33. The van der Waals surface area contributed by atoms with Crippen LogP contribution >= 0.6 is 24.0 Å². The molecule has 0 fully saturated rings. The van der Waals surface area contributed by atoms with Crippen molar-refractivity contribution in [2.45, 2.75) is 31.3 Å². The number of nitrogens with two attached hydrogens (primary N) is 1. The summed E-state index contributed by atoms with van der Waals surface area (Å²) in [5.41, 5.74) is 0.818. The van der Waals surface area contributed by atoms with Gasteiger partial charge in [0.1, 0.15) is 0 Å². The van der Waals surface area contributed by atoms with Crippen molar-refractivity contribution in [2.24, 2.45) is 10.1 Å². The quantitative estimate of drug-likeness (QED) is 0.391. The normalized spacial score (nSPS) is 11.9. The van der Waals surface area contributed by atoms with Crippen LogP contribution in [0.2, 0.25) is 0 Å². The molecule has 0 unspecified atom stereocenters. The summed E-state index contributed by atoms with van der Waals surface area (Å²) in [5.74, 6) is 0.663. The molecule has 0 bridgehead atoms. The largest absolute Gasteiger partial charge is 0.354 e. The second-order valence-corrected chi connectivity index (χ2v) is 5.98. The van der Waals surface area contributed by atoms with E-state index in [9.17, 15) is 8.42 Å². The first-order valence-electron chi connectivity index (χ1n) is 5.92. The van der Waals surface area contributed by atoms with Gasteiger partial charge in [0.15, 0.2) is 5.96 Å². The van der Waals surface area contributed by atoms with Gasteiger partial charge in [-0.25, -0.2) is 13.6 Å². The molecule has 0 saturated carbocycles. The van der Waals surface area contributed by atoms with Crippen LogP contribution in [0.4, 0.5) is 0 Å². The van der Waals surface area contributed by atoms with E-state index in [0.717, 1.165) is 5.56 Å². The van der Waals surface area contributed by atoms with Gasteiger partial charge in [-0.05, 0) is 31.5 Å². The molecule has 1 aromatic rings. The molecule has 114 valence electrons. The Bertz CT molecular complexity index is 558. The van der Waals surface area contributed by atoms with Gasteiger partial charge in [-0.1, -0.05) is 12.1 Å². The summed E-state index contributed by atoms with van der Waals surface area (Å²) in [6.45, 7) is 4.48. The molecule has 8 heteroatoms. The molecule has 6 nitrogen and oxygen atoms in total. The minimum Gasteiger partial charge on any atom is -0.354 e. The lowest BCUT2D eigenvalue weighted by molar-refractivity contribution is 0.597. The number of primary sulfonamides is 1. The Kier molecular flexibility index (Phi) is 8.06. The molecule has 1 aromatic carbocycles. The fourth-order valence-corrected chi connectivity index (χ4v) is 2.07. The topological polar surface area (TPSA) is 96.6 Å². The van der Waals surface area contributed by atoms with Crippen LogP contribution in [0.3, 0.4) is 0 Å². The van der Waals surface area contributed by atoms with E-state index in [0.29, 0.717) is 12.5 Å². The van der Waals surface area contributed by atoms with Crippen LogP contribution < -0.4 is 15.8 Å². The fraction of sp³-hybridized carbons (Fsp3) is 0.417. The second kappa shape index (κ2) is 8.42. The van der Waals surface area contributed by atoms with Crippen LogP contribution in [-0.4, -0.2) is 27.5 Å². The maximum Gasteiger partial charge on any atom is 0.238 e. The number of halogens is 1. The number of hydrogen-bond donors (Lipinski definition) is 3. The molecular weight excluding hydrogens is 391 g/mol. The summed E-state index contributed by atoms with van der Waals surface area (Å²) in [4.78, 5) is 4.18. The van der Waals surface area contributed by atoms with E-state index in [-0.39, 0.29) is 34.9 Å². The molecule has 0 aromatic heterocycles. The van der Waals surface area contributed by atoms with E-state index >= 15 is 0 Å². The Balaban J connectivity index is 0.00000361. The van der Waals surface area contributed by atoms with Crippen LogP contribution in [0.25, 0.3) is 0 Å². The van der Waals surface area contributed by atoms with Crippen molar-refractivity contribution in [3.05, 3.63) is 29.8 Å². The molecule has 0 heterocycles. The number of guanidine groups is 1. The van der Waals surface area contributed by atoms with E-state index in [1.165, 1.54) is 6.07 Å². The predicted molar refractivity (Wildman–Crippen MR) is 91.7 cm³/mol. The third-order valence-corrected chi connectivity index (χ3v) is 3.25. The van der Waals surface area contributed by atoms with E-state index < -0.39 is 10.0 Å². The lowest BCUT2D eigenvalue weighted by atomic mass is 10.2. The van der Waals surface area contributed by atoms with Crippen molar-refractivity contribution in [2.75, 3.05) is 7.05 Å². The van der Waals surface area contributed by atoms with Gasteiger partial charge in [0, 0.05) is 19.6 Å². The predicted octanol–water partition coefficient (Wildman–Crippen LogP) is 1.03. The molecule has 0 aliphatic carbocycles. The molecular formula is C12H21IN4O2S. The monoisotopic (exact) mass is 412 g/mol. The molecule has 0 atom stereocenters. The lowest BCUT2D eigenvalue weighted by Gasteiger charge is -2.14. The minimum absolute atomic E-state index is 0. The second-order valence-electron chi connectivity index (χ2n) is 4.42. The van der Waals surface area contributed by atoms with E-state index in [4.69, 9.17) is 5.14 Å². The van der Waals surface area contributed by atoms with Gasteiger partial charge in [0.25, 0.3) is 0 Å². The van der Waals surface area contributed by atoms with Crippen LogP contribution in [0.5, 0.6) is 0 Å². The van der Waals surface area contributed by atoms with Gasteiger partial charge in [0.05, 0.1) is 4.90 Å². The highest BCUT2D eigenvalue weighted by atomic mass is 127. The number of hydrogen-bond acceptors (Lipinski definition) is 3. The van der Waals surface area contributed by atoms with Crippen LogP contribution in [0.1, 0.15) is 19.4 Å². The Hall–Kier alpha value is -0.870. The number of nitrogens with one attached hydrogen (secondary N) is 2. The van der Waals surface area contributed by atoms with E-state index in [1.807, 2.05) is 19.9 Å². The van der Waals surface area contributed by atoms with Gasteiger partial charge < -0.3 is 10.6 Å². The number of benzene rings is 1. The molecule has 0 aliphatic rings.